The van der Waals surface area contributed by atoms with Gasteiger partial charge >= 0.3 is 0 Å². The van der Waals surface area contributed by atoms with Gasteiger partial charge in [-0.1, -0.05) is 11.6 Å². The molecule has 1 unspecified atom stereocenters. The highest BCUT2D eigenvalue weighted by molar-refractivity contribution is 6.30. The molecule has 0 bridgehead atoms. The largest absolute Gasteiger partial charge is 0.300 e. The molecule has 3 rings (SSSR count). The Morgan fingerprint density at radius 2 is 1.91 bits per heavy atom. The van der Waals surface area contributed by atoms with Crippen molar-refractivity contribution in [1.82, 2.24) is 9.38 Å². The second-order valence-electron chi connectivity index (χ2n) is 4.84. The molecule has 0 spiro atoms. The van der Waals surface area contributed by atoms with Gasteiger partial charge in [-0.3, -0.25) is 10.1 Å². The molecule has 1 aromatic carbocycles. The monoisotopic (exact) mass is 335 g/mol. The molecule has 0 fully saturated rings. The summed E-state index contributed by atoms with van der Waals surface area (Å²) in [6.45, 7) is 1.85. The minimum atomic E-state index is -0.432. The molecule has 0 aliphatic heterocycles. The highest BCUT2D eigenvalue weighted by Gasteiger charge is 2.18. The van der Waals surface area contributed by atoms with E-state index in [2.05, 4.69) is 4.98 Å². The number of non-ortho nitro benzene ring substituents is 1. The summed E-state index contributed by atoms with van der Waals surface area (Å²) >= 11 is 12.3. The van der Waals surface area contributed by atoms with Gasteiger partial charge in [0.05, 0.1) is 26.7 Å². The quantitative estimate of drug-likeness (QED) is 0.390. The number of alkyl halides is 1. The molecule has 2 aromatic heterocycles. The van der Waals surface area contributed by atoms with Crippen LogP contribution in [0, 0.1) is 10.1 Å². The van der Waals surface area contributed by atoms with Gasteiger partial charge in [0.2, 0.25) is 0 Å². The van der Waals surface area contributed by atoms with Crippen LogP contribution in [-0.2, 0) is 0 Å². The van der Waals surface area contributed by atoms with E-state index >= 15 is 0 Å². The molecule has 112 valence electrons. The molecule has 0 saturated heterocycles. The van der Waals surface area contributed by atoms with Gasteiger partial charge in [-0.2, -0.15) is 0 Å². The molecule has 0 N–H and O–H groups in total. The number of hydrogen-bond acceptors (Lipinski definition) is 3. The van der Waals surface area contributed by atoms with Crippen LogP contribution in [0.3, 0.4) is 0 Å². The van der Waals surface area contributed by atoms with Crippen LogP contribution in [-0.4, -0.2) is 14.3 Å². The molecule has 22 heavy (non-hydrogen) atoms. The molecule has 0 amide bonds. The van der Waals surface area contributed by atoms with E-state index in [0.717, 1.165) is 16.9 Å². The fraction of sp³-hybridized carbons (Fsp3) is 0.133. The first-order valence-corrected chi connectivity index (χ1v) is 7.35. The third kappa shape index (κ3) is 2.53. The van der Waals surface area contributed by atoms with Crippen molar-refractivity contribution in [2.75, 3.05) is 0 Å². The number of nitro groups is 1. The van der Waals surface area contributed by atoms with Gasteiger partial charge in [0.25, 0.3) is 5.69 Å². The number of pyridine rings is 1. The van der Waals surface area contributed by atoms with Crippen LogP contribution < -0.4 is 0 Å². The minimum Gasteiger partial charge on any atom is -0.300 e. The predicted octanol–water partition coefficient (Wildman–Crippen LogP) is 4.86. The number of benzene rings is 1. The van der Waals surface area contributed by atoms with Crippen molar-refractivity contribution in [3.8, 4) is 11.3 Å². The standard InChI is InChI=1S/C15H11Cl2N3O2/c1-9(16)15-14(10-2-5-12(6-3-10)20(21)22)18-13-7-4-11(17)8-19(13)15/h2-9H,1H3. The Morgan fingerprint density at radius 1 is 1.23 bits per heavy atom. The summed E-state index contributed by atoms with van der Waals surface area (Å²) in [7, 11) is 0. The van der Waals surface area contributed by atoms with Gasteiger partial charge in [-0.05, 0) is 31.2 Å². The Labute approximate surface area is 136 Å². The van der Waals surface area contributed by atoms with Gasteiger partial charge in [-0.15, -0.1) is 11.6 Å². The van der Waals surface area contributed by atoms with Crippen LogP contribution in [0.15, 0.2) is 42.6 Å². The van der Waals surface area contributed by atoms with E-state index in [9.17, 15) is 10.1 Å². The van der Waals surface area contributed by atoms with Crippen molar-refractivity contribution in [2.24, 2.45) is 0 Å². The molecule has 0 aliphatic carbocycles. The molecule has 1 atom stereocenters. The smallest absolute Gasteiger partial charge is 0.269 e. The van der Waals surface area contributed by atoms with Crippen LogP contribution >= 0.6 is 23.2 Å². The fourth-order valence-electron chi connectivity index (χ4n) is 2.37. The molecule has 7 heteroatoms. The highest BCUT2D eigenvalue weighted by Crippen LogP contribution is 2.33. The van der Waals surface area contributed by atoms with Crippen molar-refractivity contribution >= 4 is 34.5 Å². The molecule has 0 saturated carbocycles. The highest BCUT2D eigenvalue weighted by atomic mass is 35.5. The Balaban J connectivity index is 2.21. The number of nitro benzene ring substituents is 1. The number of hydrogen-bond donors (Lipinski definition) is 0. The number of aromatic nitrogens is 2. The molecular formula is C15H11Cl2N3O2. The summed E-state index contributed by atoms with van der Waals surface area (Å²) in [5.41, 5.74) is 3.02. The van der Waals surface area contributed by atoms with Crippen molar-refractivity contribution in [1.29, 1.82) is 0 Å². The number of imidazole rings is 1. The predicted molar refractivity (Wildman–Crippen MR) is 86.6 cm³/mol. The Hall–Kier alpha value is -2.11. The van der Waals surface area contributed by atoms with E-state index in [1.165, 1.54) is 12.1 Å². The van der Waals surface area contributed by atoms with Crippen LogP contribution in [0.5, 0.6) is 0 Å². The Morgan fingerprint density at radius 3 is 2.50 bits per heavy atom. The zero-order valence-corrected chi connectivity index (χ0v) is 13.0. The lowest BCUT2D eigenvalue weighted by Gasteiger charge is -2.07. The third-order valence-electron chi connectivity index (χ3n) is 3.35. The number of halogens is 2. The Kier molecular flexibility index (Phi) is 3.76. The van der Waals surface area contributed by atoms with Crippen molar-refractivity contribution in [2.45, 2.75) is 12.3 Å². The second-order valence-corrected chi connectivity index (χ2v) is 5.93. The van der Waals surface area contributed by atoms with E-state index in [4.69, 9.17) is 23.2 Å². The maximum atomic E-state index is 10.8. The van der Waals surface area contributed by atoms with Gasteiger partial charge < -0.3 is 4.40 Å². The van der Waals surface area contributed by atoms with Crippen LogP contribution in [0.1, 0.15) is 18.0 Å². The number of rotatable bonds is 3. The van der Waals surface area contributed by atoms with Crippen LogP contribution in [0.25, 0.3) is 16.9 Å². The topological polar surface area (TPSA) is 60.4 Å². The summed E-state index contributed by atoms with van der Waals surface area (Å²) in [5, 5.41) is 11.0. The zero-order valence-electron chi connectivity index (χ0n) is 11.5. The van der Waals surface area contributed by atoms with Crippen molar-refractivity contribution < 1.29 is 4.92 Å². The maximum Gasteiger partial charge on any atom is 0.269 e. The third-order valence-corrected chi connectivity index (χ3v) is 3.78. The zero-order chi connectivity index (χ0) is 15.9. The van der Waals surface area contributed by atoms with Crippen LogP contribution in [0.2, 0.25) is 5.02 Å². The molecule has 0 aliphatic rings. The van der Waals surface area contributed by atoms with E-state index in [0.29, 0.717) is 10.7 Å². The first kappa shape index (κ1) is 14.8. The number of fused-ring (bicyclic) bond motifs is 1. The first-order chi connectivity index (χ1) is 10.5. The average Bonchev–Trinajstić information content (AvgIpc) is 2.85. The SMILES string of the molecule is CC(Cl)c1c(-c2ccc([N+](=O)[O-])cc2)nc2ccc(Cl)cn12. The fourth-order valence-corrected chi connectivity index (χ4v) is 2.74. The summed E-state index contributed by atoms with van der Waals surface area (Å²) in [5.74, 6) is 0. The van der Waals surface area contributed by atoms with Gasteiger partial charge in [-0.25, -0.2) is 4.98 Å². The van der Waals surface area contributed by atoms with Gasteiger partial charge in [0.1, 0.15) is 5.65 Å². The van der Waals surface area contributed by atoms with E-state index < -0.39 is 4.92 Å². The van der Waals surface area contributed by atoms with Gasteiger partial charge in [0, 0.05) is 23.9 Å². The lowest BCUT2D eigenvalue weighted by atomic mass is 10.1. The number of nitrogens with zero attached hydrogens (tertiary/aromatic N) is 3. The summed E-state index contributed by atoms with van der Waals surface area (Å²) in [6, 6.07) is 9.81. The summed E-state index contributed by atoms with van der Waals surface area (Å²) < 4.78 is 1.84. The summed E-state index contributed by atoms with van der Waals surface area (Å²) in [6.07, 6.45) is 1.76. The summed E-state index contributed by atoms with van der Waals surface area (Å²) in [4.78, 5) is 14.9. The van der Waals surface area contributed by atoms with E-state index in [-0.39, 0.29) is 11.1 Å². The van der Waals surface area contributed by atoms with E-state index in [1.54, 1.807) is 30.5 Å². The molecule has 2 heterocycles. The van der Waals surface area contributed by atoms with Crippen LogP contribution in [0.4, 0.5) is 5.69 Å². The molecule has 0 radical (unpaired) electrons. The maximum absolute atomic E-state index is 10.8. The lowest BCUT2D eigenvalue weighted by Crippen LogP contribution is -1.95. The second kappa shape index (κ2) is 5.59. The van der Waals surface area contributed by atoms with Crippen molar-refractivity contribution in [3.05, 3.63) is 63.4 Å². The normalized spacial score (nSPS) is 12.5. The lowest BCUT2D eigenvalue weighted by molar-refractivity contribution is -0.384. The minimum absolute atomic E-state index is 0.0380. The van der Waals surface area contributed by atoms with Gasteiger partial charge in [0.15, 0.2) is 0 Å². The average molecular weight is 336 g/mol. The van der Waals surface area contributed by atoms with E-state index in [1.807, 2.05) is 11.3 Å². The molecular weight excluding hydrogens is 325 g/mol. The Bertz CT molecular complexity index is 857. The van der Waals surface area contributed by atoms with Crippen molar-refractivity contribution in [3.63, 3.8) is 0 Å². The first-order valence-electron chi connectivity index (χ1n) is 6.54. The molecule has 3 aromatic rings. The molecule has 5 nitrogen and oxygen atoms in total.